The summed E-state index contributed by atoms with van der Waals surface area (Å²) in [5, 5.41) is 4.82. The van der Waals surface area contributed by atoms with E-state index in [1.807, 2.05) is 6.92 Å². The molecule has 0 bridgehead atoms. The van der Waals surface area contributed by atoms with Crippen LogP contribution in [0.5, 0.6) is 17.4 Å². The van der Waals surface area contributed by atoms with Crippen molar-refractivity contribution in [1.29, 1.82) is 0 Å². The maximum Gasteiger partial charge on any atom is 0.419 e. The molecule has 3 heterocycles. The molecule has 1 atom stereocenters. The van der Waals surface area contributed by atoms with Crippen molar-refractivity contribution in [3.05, 3.63) is 58.5 Å². The van der Waals surface area contributed by atoms with Gasteiger partial charge in [-0.3, -0.25) is 0 Å². The zero-order valence-corrected chi connectivity index (χ0v) is 16.8. The number of aromatic nitrogens is 3. The number of hydrogen-bond acceptors (Lipinski definition) is 5. The molecular weight excluding hydrogens is 423 g/mol. The Balaban J connectivity index is 1.78. The van der Waals surface area contributed by atoms with Gasteiger partial charge < -0.3 is 14.2 Å². The number of pyridine rings is 1. The monoisotopic (exact) mass is 439 g/mol. The molecule has 0 saturated carbocycles. The van der Waals surface area contributed by atoms with E-state index in [2.05, 4.69) is 10.1 Å². The van der Waals surface area contributed by atoms with E-state index in [1.54, 1.807) is 16.8 Å². The number of fused-ring (bicyclic) bond motifs is 1. The Morgan fingerprint density at radius 2 is 2.03 bits per heavy atom. The van der Waals surface area contributed by atoms with Crippen LogP contribution in [-0.2, 0) is 23.9 Å². The lowest BCUT2D eigenvalue weighted by Gasteiger charge is -2.21. The second kappa shape index (κ2) is 7.81. The first-order valence-corrected chi connectivity index (χ1v) is 9.41. The molecule has 0 unspecified atom stereocenters. The fourth-order valence-electron chi connectivity index (χ4n) is 3.25. The second-order valence-corrected chi connectivity index (χ2v) is 7.16. The average molecular weight is 440 g/mol. The summed E-state index contributed by atoms with van der Waals surface area (Å²) in [6.07, 6.45) is -2.62. The predicted molar refractivity (Wildman–Crippen MR) is 102 cm³/mol. The van der Waals surface area contributed by atoms with E-state index in [4.69, 9.17) is 25.8 Å². The molecule has 3 aromatic rings. The number of alkyl halides is 3. The minimum absolute atomic E-state index is 0.0747. The number of halogens is 4. The fraction of sp³-hybridized carbons (Fsp3) is 0.300. The molecule has 0 N–H and O–H groups in total. The summed E-state index contributed by atoms with van der Waals surface area (Å²) in [5.41, 5.74) is 1.10. The summed E-state index contributed by atoms with van der Waals surface area (Å²) in [6, 6.07) is 6.87. The Hall–Kier alpha value is -2.78. The average Bonchev–Trinajstić information content (AvgIpc) is 3.06. The highest BCUT2D eigenvalue weighted by Crippen LogP contribution is 2.39. The van der Waals surface area contributed by atoms with Crippen molar-refractivity contribution in [3.63, 3.8) is 0 Å². The lowest BCUT2D eigenvalue weighted by molar-refractivity contribution is -0.138. The summed E-state index contributed by atoms with van der Waals surface area (Å²) >= 11 is 5.81. The summed E-state index contributed by atoms with van der Waals surface area (Å²) < 4.78 is 57.8. The molecule has 2 aromatic heterocycles. The van der Waals surface area contributed by atoms with Crippen LogP contribution in [0, 0.1) is 0 Å². The van der Waals surface area contributed by atoms with Crippen molar-refractivity contribution >= 4 is 11.6 Å². The van der Waals surface area contributed by atoms with E-state index < -0.39 is 11.7 Å². The van der Waals surface area contributed by atoms with E-state index in [1.165, 1.54) is 25.4 Å². The van der Waals surface area contributed by atoms with Gasteiger partial charge in [-0.15, -0.1) is 5.10 Å². The first kappa shape index (κ1) is 20.5. The first-order valence-electron chi connectivity index (χ1n) is 9.03. The number of ether oxygens (including phenoxy) is 3. The minimum atomic E-state index is -4.52. The molecule has 0 saturated heterocycles. The lowest BCUT2D eigenvalue weighted by Crippen LogP contribution is -2.21. The van der Waals surface area contributed by atoms with E-state index in [0.717, 1.165) is 17.3 Å². The molecule has 4 rings (SSSR count). The van der Waals surface area contributed by atoms with Crippen LogP contribution in [0.25, 0.3) is 5.69 Å². The van der Waals surface area contributed by atoms with Gasteiger partial charge in [-0.05, 0) is 31.2 Å². The van der Waals surface area contributed by atoms with Gasteiger partial charge in [-0.2, -0.15) is 13.2 Å². The Morgan fingerprint density at radius 3 is 2.70 bits per heavy atom. The van der Waals surface area contributed by atoms with Crippen LogP contribution in [0.3, 0.4) is 0 Å². The van der Waals surface area contributed by atoms with Gasteiger partial charge in [-0.1, -0.05) is 11.6 Å². The van der Waals surface area contributed by atoms with E-state index in [-0.39, 0.29) is 18.5 Å². The number of methoxy groups -OCH3 is 1. The van der Waals surface area contributed by atoms with Crippen molar-refractivity contribution in [2.75, 3.05) is 7.11 Å². The normalized spacial score (nSPS) is 16.3. The van der Waals surface area contributed by atoms with Gasteiger partial charge in [-0.25, -0.2) is 9.67 Å². The predicted octanol–water partition coefficient (Wildman–Crippen LogP) is 5.20. The highest BCUT2D eigenvalue weighted by Gasteiger charge is 2.35. The Morgan fingerprint density at radius 1 is 1.23 bits per heavy atom. The molecular formula is C20H17ClF3N3O3. The SMILES string of the molecule is COc1cc(-n2nc(Oc3ccc(Cl)nc3)c3c2C[C@@H](C)OC3)ccc1C(F)(F)F. The van der Waals surface area contributed by atoms with Crippen LogP contribution in [0.2, 0.25) is 5.15 Å². The van der Waals surface area contributed by atoms with Crippen molar-refractivity contribution < 1.29 is 27.4 Å². The molecule has 6 nitrogen and oxygen atoms in total. The Labute approximate surface area is 175 Å². The fourth-order valence-corrected chi connectivity index (χ4v) is 3.36. The largest absolute Gasteiger partial charge is 0.496 e. The van der Waals surface area contributed by atoms with Gasteiger partial charge in [0.2, 0.25) is 5.88 Å². The van der Waals surface area contributed by atoms with Crippen LogP contribution in [-0.4, -0.2) is 28.0 Å². The van der Waals surface area contributed by atoms with Crippen LogP contribution >= 0.6 is 11.6 Å². The third-order valence-corrected chi connectivity index (χ3v) is 4.92. The maximum absolute atomic E-state index is 13.2. The highest BCUT2D eigenvalue weighted by molar-refractivity contribution is 6.29. The smallest absolute Gasteiger partial charge is 0.419 e. The summed E-state index contributed by atoms with van der Waals surface area (Å²) in [5.74, 6) is 0.434. The van der Waals surface area contributed by atoms with Crippen molar-refractivity contribution in [2.24, 2.45) is 0 Å². The molecule has 1 aliphatic heterocycles. The topological polar surface area (TPSA) is 58.4 Å². The van der Waals surface area contributed by atoms with E-state index >= 15 is 0 Å². The number of hydrogen-bond donors (Lipinski definition) is 0. The van der Waals surface area contributed by atoms with Crippen LogP contribution in [0.4, 0.5) is 13.2 Å². The summed E-state index contributed by atoms with van der Waals surface area (Å²) in [6.45, 7) is 2.18. The second-order valence-electron chi connectivity index (χ2n) is 6.77. The van der Waals surface area contributed by atoms with Crippen LogP contribution in [0.15, 0.2) is 36.5 Å². The van der Waals surface area contributed by atoms with Gasteiger partial charge >= 0.3 is 6.18 Å². The molecule has 0 fully saturated rings. The Kier molecular flexibility index (Phi) is 5.33. The van der Waals surface area contributed by atoms with Crippen molar-refractivity contribution in [3.8, 4) is 23.1 Å². The van der Waals surface area contributed by atoms with Crippen molar-refractivity contribution in [1.82, 2.24) is 14.8 Å². The van der Waals surface area contributed by atoms with Crippen LogP contribution in [0.1, 0.15) is 23.7 Å². The summed E-state index contributed by atoms with van der Waals surface area (Å²) in [4.78, 5) is 3.97. The zero-order valence-electron chi connectivity index (χ0n) is 16.0. The van der Waals surface area contributed by atoms with Gasteiger partial charge in [0.1, 0.15) is 16.7 Å². The molecule has 0 amide bonds. The van der Waals surface area contributed by atoms with E-state index in [9.17, 15) is 13.2 Å². The molecule has 0 aliphatic carbocycles. The molecule has 1 aromatic carbocycles. The molecule has 10 heteroatoms. The molecule has 1 aliphatic rings. The standard InChI is InChI=1S/C20H17ClF3N3O3/c1-11-7-16-14(10-29-11)19(30-13-4-6-18(21)25-9-13)26-27(16)12-3-5-15(20(22,23)24)17(8-12)28-2/h3-6,8-9,11H,7,10H2,1-2H3/t11-/m1/s1. The Bertz CT molecular complexity index is 1070. The molecule has 30 heavy (non-hydrogen) atoms. The minimum Gasteiger partial charge on any atom is -0.496 e. The lowest BCUT2D eigenvalue weighted by atomic mass is 10.1. The highest BCUT2D eigenvalue weighted by atomic mass is 35.5. The number of benzene rings is 1. The molecule has 0 spiro atoms. The van der Waals surface area contributed by atoms with Crippen LogP contribution < -0.4 is 9.47 Å². The van der Waals surface area contributed by atoms with Gasteiger partial charge in [0.25, 0.3) is 0 Å². The quantitative estimate of drug-likeness (QED) is 0.523. The van der Waals surface area contributed by atoms with Gasteiger partial charge in [0.05, 0.1) is 48.5 Å². The van der Waals surface area contributed by atoms with Crippen molar-refractivity contribution in [2.45, 2.75) is 32.2 Å². The first-order chi connectivity index (χ1) is 14.3. The van der Waals surface area contributed by atoms with Gasteiger partial charge in [0.15, 0.2) is 0 Å². The molecule has 0 radical (unpaired) electrons. The number of nitrogens with zero attached hydrogens (tertiary/aromatic N) is 3. The van der Waals surface area contributed by atoms with Gasteiger partial charge in [0, 0.05) is 12.5 Å². The zero-order chi connectivity index (χ0) is 21.5. The third-order valence-electron chi connectivity index (χ3n) is 4.70. The number of rotatable bonds is 4. The summed E-state index contributed by atoms with van der Waals surface area (Å²) in [7, 11) is 1.20. The third kappa shape index (κ3) is 3.95. The maximum atomic E-state index is 13.2. The molecule has 158 valence electrons. The van der Waals surface area contributed by atoms with E-state index in [0.29, 0.717) is 28.9 Å².